The van der Waals surface area contributed by atoms with Crippen LogP contribution in [0.2, 0.25) is 0 Å². The molecule has 40 heavy (non-hydrogen) atoms. The summed E-state index contributed by atoms with van der Waals surface area (Å²) < 4.78 is 12.1. The van der Waals surface area contributed by atoms with Gasteiger partial charge in [0.15, 0.2) is 0 Å². The van der Waals surface area contributed by atoms with Crippen molar-refractivity contribution in [3.05, 3.63) is 82.8 Å². The third-order valence-electron chi connectivity index (χ3n) is 6.32. The second-order valence-corrected chi connectivity index (χ2v) is 10.8. The Kier molecular flexibility index (Phi) is 9.02. The number of amides is 2. The molecule has 1 N–H and O–H groups in total. The number of hydrogen-bond donors (Lipinski definition) is 1. The van der Waals surface area contributed by atoms with Crippen LogP contribution in [0.1, 0.15) is 17.3 Å². The SMILES string of the molecule is CCOc1ccc(-c2nnc(SCC(=O)Nc3ccc(N4CCN(C(=O)c5ccc(Br)cc5)CC4)cc3)o2)cc1. The van der Waals surface area contributed by atoms with Crippen LogP contribution in [-0.2, 0) is 4.79 Å². The fraction of sp³-hybridized carbons (Fsp3) is 0.241. The number of hydrogen-bond acceptors (Lipinski definition) is 8. The first kappa shape index (κ1) is 27.7. The van der Waals surface area contributed by atoms with Crippen molar-refractivity contribution in [2.24, 2.45) is 0 Å². The average molecular weight is 623 g/mol. The first-order valence-electron chi connectivity index (χ1n) is 12.9. The Morgan fingerprint density at radius 1 is 0.950 bits per heavy atom. The van der Waals surface area contributed by atoms with Gasteiger partial charge in [0.2, 0.25) is 11.8 Å². The van der Waals surface area contributed by atoms with E-state index in [1.807, 2.05) is 84.6 Å². The van der Waals surface area contributed by atoms with E-state index in [1.54, 1.807) is 0 Å². The van der Waals surface area contributed by atoms with Crippen LogP contribution in [0.3, 0.4) is 0 Å². The fourth-order valence-corrected chi connectivity index (χ4v) is 5.10. The van der Waals surface area contributed by atoms with Gasteiger partial charge in [0.05, 0.1) is 12.4 Å². The standard InChI is InChI=1S/C29H28BrN5O4S/c1-2-38-25-13-5-20(6-14-25)27-32-33-29(39-27)40-19-26(36)31-23-9-11-24(12-10-23)34-15-17-35(18-16-34)28(37)21-3-7-22(30)8-4-21/h3-14H,2,15-19H2,1H3,(H,31,36). The van der Waals surface area contributed by atoms with Crippen LogP contribution in [0, 0.1) is 0 Å². The lowest BCUT2D eigenvalue weighted by Gasteiger charge is -2.36. The van der Waals surface area contributed by atoms with Crippen molar-refractivity contribution in [2.75, 3.05) is 48.8 Å². The molecule has 0 radical (unpaired) electrons. The van der Waals surface area contributed by atoms with Gasteiger partial charge in [-0.15, -0.1) is 10.2 Å². The molecule has 11 heteroatoms. The van der Waals surface area contributed by atoms with E-state index < -0.39 is 0 Å². The van der Waals surface area contributed by atoms with E-state index in [0.717, 1.165) is 34.6 Å². The Bertz CT molecular complexity index is 1440. The van der Waals surface area contributed by atoms with Gasteiger partial charge < -0.3 is 24.3 Å². The first-order valence-corrected chi connectivity index (χ1v) is 14.7. The summed E-state index contributed by atoms with van der Waals surface area (Å²) in [6.07, 6.45) is 0. The molecule has 0 spiro atoms. The van der Waals surface area contributed by atoms with Crippen LogP contribution in [-0.4, -0.2) is 65.5 Å². The van der Waals surface area contributed by atoms with Crippen LogP contribution >= 0.6 is 27.7 Å². The summed E-state index contributed by atoms with van der Waals surface area (Å²) in [5, 5.41) is 11.3. The molecule has 3 aromatic carbocycles. The molecule has 1 saturated heterocycles. The Labute approximate surface area is 245 Å². The van der Waals surface area contributed by atoms with Gasteiger partial charge in [-0.1, -0.05) is 27.7 Å². The van der Waals surface area contributed by atoms with Crippen LogP contribution in [0.25, 0.3) is 11.5 Å². The molecule has 1 fully saturated rings. The lowest BCUT2D eigenvalue weighted by Crippen LogP contribution is -2.48. The number of nitrogens with zero attached hydrogens (tertiary/aromatic N) is 4. The van der Waals surface area contributed by atoms with E-state index in [-0.39, 0.29) is 17.6 Å². The van der Waals surface area contributed by atoms with Gasteiger partial charge in [0.25, 0.3) is 11.1 Å². The number of ether oxygens (including phenoxy) is 1. The van der Waals surface area contributed by atoms with Crippen molar-refractivity contribution >= 4 is 50.9 Å². The monoisotopic (exact) mass is 621 g/mol. The number of aromatic nitrogens is 2. The maximum absolute atomic E-state index is 12.8. The van der Waals surface area contributed by atoms with Crippen molar-refractivity contribution in [1.82, 2.24) is 15.1 Å². The molecule has 2 heterocycles. The Morgan fingerprint density at radius 3 is 2.33 bits per heavy atom. The predicted octanol–water partition coefficient (Wildman–Crippen LogP) is 5.59. The highest BCUT2D eigenvalue weighted by Gasteiger charge is 2.22. The van der Waals surface area contributed by atoms with E-state index in [1.165, 1.54) is 11.8 Å². The minimum Gasteiger partial charge on any atom is -0.494 e. The van der Waals surface area contributed by atoms with Crippen LogP contribution < -0.4 is 15.0 Å². The van der Waals surface area contributed by atoms with Gasteiger partial charge in [-0.2, -0.15) is 0 Å². The number of rotatable bonds is 9. The molecule has 1 aliphatic heterocycles. The zero-order chi connectivity index (χ0) is 27.9. The largest absolute Gasteiger partial charge is 0.494 e. The minimum atomic E-state index is -0.168. The zero-order valence-electron chi connectivity index (χ0n) is 21.9. The highest BCUT2D eigenvalue weighted by atomic mass is 79.9. The molecule has 9 nitrogen and oxygen atoms in total. The second-order valence-electron chi connectivity index (χ2n) is 9.00. The molecule has 206 valence electrons. The Morgan fingerprint density at radius 2 is 1.65 bits per heavy atom. The first-order chi connectivity index (χ1) is 19.5. The summed E-state index contributed by atoms with van der Waals surface area (Å²) in [6, 6.07) is 22.6. The molecule has 0 atom stereocenters. The van der Waals surface area contributed by atoms with E-state index in [9.17, 15) is 9.59 Å². The van der Waals surface area contributed by atoms with Crippen molar-refractivity contribution in [3.8, 4) is 17.2 Å². The number of anilines is 2. The molecule has 1 aliphatic rings. The van der Waals surface area contributed by atoms with Gasteiger partial charge in [-0.3, -0.25) is 9.59 Å². The molecular weight excluding hydrogens is 594 g/mol. The summed E-state index contributed by atoms with van der Waals surface area (Å²) in [5.41, 5.74) is 3.24. The number of piperazine rings is 1. The molecule has 0 aliphatic carbocycles. The molecular formula is C29H28BrN5O4S. The predicted molar refractivity (Wildman–Crippen MR) is 159 cm³/mol. The third-order valence-corrected chi connectivity index (χ3v) is 7.67. The van der Waals surface area contributed by atoms with Crippen LogP contribution in [0.15, 0.2) is 86.9 Å². The lowest BCUT2D eigenvalue weighted by molar-refractivity contribution is -0.113. The highest BCUT2D eigenvalue weighted by Crippen LogP contribution is 2.26. The average Bonchev–Trinajstić information content (AvgIpc) is 3.46. The number of nitrogens with one attached hydrogen (secondary N) is 1. The molecule has 0 saturated carbocycles. The van der Waals surface area contributed by atoms with Gasteiger partial charge >= 0.3 is 0 Å². The number of carbonyl (C=O) groups excluding carboxylic acids is 2. The molecule has 2 amide bonds. The van der Waals surface area contributed by atoms with Crippen molar-refractivity contribution < 1.29 is 18.7 Å². The Hall–Kier alpha value is -3.83. The molecule has 0 bridgehead atoms. The van der Waals surface area contributed by atoms with Gasteiger partial charge in [-0.25, -0.2) is 0 Å². The number of benzene rings is 3. The smallest absolute Gasteiger partial charge is 0.277 e. The highest BCUT2D eigenvalue weighted by molar-refractivity contribution is 9.10. The van der Waals surface area contributed by atoms with E-state index >= 15 is 0 Å². The summed E-state index contributed by atoms with van der Waals surface area (Å²) in [7, 11) is 0. The zero-order valence-corrected chi connectivity index (χ0v) is 24.3. The number of halogens is 1. The molecule has 4 aromatic rings. The van der Waals surface area contributed by atoms with Crippen molar-refractivity contribution in [1.29, 1.82) is 0 Å². The van der Waals surface area contributed by atoms with Gasteiger partial charge in [-0.05, 0) is 79.7 Å². The maximum Gasteiger partial charge on any atom is 0.277 e. The lowest BCUT2D eigenvalue weighted by atomic mass is 10.1. The van der Waals surface area contributed by atoms with E-state index in [2.05, 4.69) is 36.3 Å². The quantitative estimate of drug-likeness (QED) is 0.241. The number of carbonyl (C=O) groups is 2. The number of thioether (sulfide) groups is 1. The molecule has 1 aromatic heterocycles. The summed E-state index contributed by atoms with van der Waals surface area (Å²) in [4.78, 5) is 29.4. The van der Waals surface area contributed by atoms with E-state index in [4.69, 9.17) is 9.15 Å². The van der Waals surface area contributed by atoms with Crippen LogP contribution in [0.4, 0.5) is 11.4 Å². The maximum atomic E-state index is 12.8. The van der Waals surface area contributed by atoms with Crippen molar-refractivity contribution in [2.45, 2.75) is 12.1 Å². The van der Waals surface area contributed by atoms with Gasteiger partial charge in [0.1, 0.15) is 5.75 Å². The van der Waals surface area contributed by atoms with E-state index in [0.29, 0.717) is 42.1 Å². The molecule has 0 unspecified atom stereocenters. The minimum absolute atomic E-state index is 0.0519. The third kappa shape index (κ3) is 7.02. The fourth-order valence-electron chi connectivity index (χ4n) is 4.27. The summed E-state index contributed by atoms with van der Waals surface area (Å²) in [6.45, 7) is 5.32. The summed E-state index contributed by atoms with van der Waals surface area (Å²) >= 11 is 4.59. The summed E-state index contributed by atoms with van der Waals surface area (Å²) in [5.74, 6) is 1.19. The second kappa shape index (κ2) is 13.0. The van der Waals surface area contributed by atoms with Gasteiger partial charge in [0, 0.05) is 53.2 Å². The topological polar surface area (TPSA) is 101 Å². The Balaban J connectivity index is 1.07. The van der Waals surface area contributed by atoms with Crippen LogP contribution in [0.5, 0.6) is 5.75 Å². The molecule has 5 rings (SSSR count). The normalized spacial score (nSPS) is 13.2. The van der Waals surface area contributed by atoms with Crippen molar-refractivity contribution in [3.63, 3.8) is 0 Å².